The predicted molar refractivity (Wildman–Crippen MR) is 70.1 cm³/mol. The maximum absolute atomic E-state index is 11.2. The highest BCUT2D eigenvalue weighted by Crippen LogP contribution is 2.36. The van der Waals surface area contributed by atoms with Gasteiger partial charge in [-0.2, -0.15) is 5.26 Å². The number of amides is 1. The summed E-state index contributed by atoms with van der Waals surface area (Å²) in [4.78, 5) is 13.4. The molecule has 0 fully saturated rings. The minimum absolute atomic E-state index is 0.198. The second-order valence-electron chi connectivity index (χ2n) is 3.78. The highest BCUT2D eigenvalue weighted by atomic mass is 32.1. The van der Waals surface area contributed by atoms with Crippen molar-refractivity contribution in [3.05, 3.63) is 10.4 Å². The summed E-state index contributed by atoms with van der Waals surface area (Å²) in [5.74, 6) is -0.584. The van der Waals surface area contributed by atoms with Crippen molar-refractivity contribution in [2.75, 3.05) is 24.2 Å². The summed E-state index contributed by atoms with van der Waals surface area (Å²) >= 11 is 1.18. The minimum atomic E-state index is -0.584. The molecular formula is C11H16N4OS. The number of rotatable bonds is 5. The summed E-state index contributed by atoms with van der Waals surface area (Å²) in [6, 6.07) is 2.03. The maximum Gasteiger partial charge on any atom is 0.261 e. The van der Waals surface area contributed by atoms with Crippen LogP contribution in [0, 0.1) is 11.3 Å². The van der Waals surface area contributed by atoms with E-state index in [2.05, 4.69) is 6.92 Å². The number of anilines is 2. The molecule has 5 nitrogen and oxygen atoms in total. The molecule has 0 bridgehead atoms. The average molecular weight is 252 g/mol. The number of hydrogen-bond acceptors (Lipinski definition) is 5. The summed E-state index contributed by atoms with van der Waals surface area (Å²) in [6.45, 7) is 2.92. The zero-order valence-electron chi connectivity index (χ0n) is 9.99. The molecule has 0 saturated heterocycles. The van der Waals surface area contributed by atoms with E-state index in [1.165, 1.54) is 11.3 Å². The molecule has 0 atom stereocenters. The molecule has 0 radical (unpaired) electrons. The number of nitrogen functional groups attached to an aromatic ring is 1. The van der Waals surface area contributed by atoms with Crippen LogP contribution in [0.3, 0.4) is 0 Å². The lowest BCUT2D eigenvalue weighted by molar-refractivity contribution is 0.100. The molecule has 0 unspecified atom stereocenters. The van der Waals surface area contributed by atoms with Gasteiger partial charge < -0.3 is 16.4 Å². The van der Waals surface area contributed by atoms with Gasteiger partial charge in [-0.1, -0.05) is 13.3 Å². The number of thiophene rings is 1. The maximum atomic E-state index is 11.2. The molecule has 1 aromatic heterocycles. The fourth-order valence-corrected chi connectivity index (χ4v) is 2.50. The van der Waals surface area contributed by atoms with Crippen LogP contribution in [0.2, 0.25) is 0 Å². The van der Waals surface area contributed by atoms with Gasteiger partial charge in [0.05, 0.1) is 5.69 Å². The molecular weight excluding hydrogens is 236 g/mol. The van der Waals surface area contributed by atoms with Crippen molar-refractivity contribution >= 4 is 27.9 Å². The number of hydrogen-bond donors (Lipinski definition) is 2. The molecule has 0 aromatic carbocycles. The topological polar surface area (TPSA) is 96.1 Å². The molecule has 17 heavy (non-hydrogen) atoms. The van der Waals surface area contributed by atoms with E-state index in [-0.39, 0.29) is 10.6 Å². The normalized spacial score (nSPS) is 9.94. The molecule has 1 heterocycles. The third-order valence-corrected chi connectivity index (χ3v) is 3.79. The van der Waals surface area contributed by atoms with E-state index in [4.69, 9.17) is 16.7 Å². The van der Waals surface area contributed by atoms with E-state index in [9.17, 15) is 4.79 Å². The van der Waals surface area contributed by atoms with Crippen LogP contribution in [0.4, 0.5) is 10.7 Å². The smallest absolute Gasteiger partial charge is 0.261 e. The standard InChI is InChI=1S/C11H16N4OS/c1-3-4-5-15(2)11-7(6-12)8(13)9(17-11)10(14)16/h3-5,13H2,1-2H3,(H2,14,16). The van der Waals surface area contributed by atoms with Gasteiger partial charge in [0.25, 0.3) is 5.91 Å². The zero-order chi connectivity index (χ0) is 13.0. The summed E-state index contributed by atoms with van der Waals surface area (Å²) < 4.78 is 0. The van der Waals surface area contributed by atoms with Crippen LogP contribution in [0.5, 0.6) is 0 Å². The summed E-state index contributed by atoms with van der Waals surface area (Å²) in [5.41, 5.74) is 11.5. The van der Waals surface area contributed by atoms with Crippen LogP contribution in [-0.2, 0) is 0 Å². The van der Waals surface area contributed by atoms with Crippen molar-refractivity contribution in [2.24, 2.45) is 5.73 Å². The zero-order valence-corrected chi connectivity index (χ0v) is 10.8. The fraction of sp³-hybridized carbons (Fsp3) is 0.455. The first-order valence-electron chi connectivity index (χ1n) is 5.36. The lowest BCUT2D eigenvalue weighted by atomic mass is 10.2. The molecule has 6 heteroatoms. The van der Waals surface area contributed by atoms with Crippen molar-refractivity contribution < 1.29 is 4.79 Å². The van der Waals surface area contributed by atoms with Gasteiger partial charge in [0.15, 0.2) is 0 Å². The van der Waals surface area contributed by atoms with Crippen molar-refractivity contribution in [1.29, 1.82) is 5.26 Å². The second-order valence-corrected chi connectivity index (χ2v) is 4.78. The first kappa shape index (κ1) is 13.3. The van der Waals surface area contributed by atoms with Crippen LogP contribution in [-0.4, -0.2) is 19.5 Å². The molecule has 1 aromatic rings. The van der Waals surface area contributed by atoms with Crippen molar-refractivity contribution in [3.63, 3.8) is 0 Å². The quantitative estimate of drug-likeness (QED) is 0.830. The highest BCUT2D eigenvalue weighted by Gasteiger charge is 2.21. The number of nitrogens with zero attached hydrogens (tertiary/aromatic N) is 2. The van der Waals surface area contributed by atoms with Crippen LogP contribution >= 0.6 is 11.3 Å². The van der Waals surface area contributed by atoms with Crippen LogP contribution in [0.15, 0.2) is 0 Å². The Morgan fingerprint density at radius 1 is 1.59 bits per heavy atom. The second kappa shape index (κ2) is 5.55. The van der Waals surface area contributed by atoms with E-state index < -0.39 is 5.91 Å². The number of unbranched alkanes of at least 4 members (excludes halogenated alkanes) is 1. The average Bonchev–Trinajstić information content (AvgIpc) is 2.63. The molecule has 4 N–H and O–H groups in total. The highest BCUT2D eigenvalue weighted by molar-refractivity contribution is 7.19. The van der Waals surface area contributed by atoms with E-state index >= 15 is 0 Å². The van der Waals surface area contributed by atoms with Gasteiger partial charge in [0.2, 0.25) is 0 Å². The Balaban J connectivity index is 3.11. The summed E-state index contributed by atoms with van der Waals surface area (Å²) in [5, 5.41) is 9.78. The Bertz CT molecular complexity index is 461. The van der Waals surface area contributed by atoms with Gasteiger partial charge in [0, 0.05) is 13.6 Å². The van der Waals surface area contributed by atoms with E-state index in [0.717, 1.165) is 19.4 Å². The van der Waals surface area contributed by atoms with Gasteiger partial charge >= 0.3 is 0 Å². The molecule has 0 aliphatic heterocycles. The molecule has 0 saturated carbocycles. The number of nitriles is 1. The first-order chi connectivity index (χ1) is 8.02. The largest absolute Gasteiger partial charge is 0.396 e. The predicted octanol–water partition coefficient (Wildman–Crippen LogP) is 1.54. The monoisotopic (exact) mass is 252 g/mol. The van der Waals surface area contributed by atoms with Gasteiger partial charge in [-0.25, -0.2) is 0 Å². The van der Waals surface area contributed by atoms with Crippen LogP contribution in [0.25, 0.3) is 0 Å². The number of nitrogens with two attached hydrogens (primary N) is 2. The number of carbonyl (C=O) groups excluding carboxylic acids is 1. The Morgan fingerprint density at radius 2 is 2.24 bits per heavy atom. The van der Waals surface area contributed by atoms with Crippen molar-refractivity contribution in [1.82, 2.24) is 0 Å². The van der Waals surface area contributed by atoms with Gasteiger partial charge in [-0.3, -0.25) is 4.79 Å². The van der Waals surface area contributed by atoms with Crippen LogP contribution < -0.4 is 16.4 Å². The third-order valence-electron chi connectivity index (χ3n) is 2.46. The number of carbonyl (C=O) groups is 1. The summed E-state index contributed by atoms with van der Waals surface area (Å²) in [7, 11) is 1.88. The van der Waals surface area contributed by atoms with Crippen molar-refractivity contribution in [3.8, 4) is 6.07 Å². The first-order valence-corrected chi connectivity index (χ1v) is 6.17. The van der Waals surface area contributed by atoms with Gasteiger partial charge in [-0.15, -0.1) is 11.3 Å². The Morgan fingerprint density at radius 3 is 2.71 bits per heavy atom. The molecule has 92 valence electrons. The fourth-order valence-electron chi connectivity index (χ4n) is 1.49. The molecule has 0 spiro atoms. The third kappa shape index (κ3) is 2.68. The molecule has 0 aliphatic rings. The minimum Gasteiger partial charge on any atom is -0.396 e. The van der Waals surface area contributed by atoms with E-state index in [0.29, 0.717) is 10.6 Å². The molecule has 0 aliphatic carbocycles. The Hall–Kier alpha value is -1.74. The van der Waals surface area contributed by atoms with Crippen LogP contribution in [0.1, 0.15) is 35.0 Å². The Labute approximate surface area is 105 Å². The summed E-state index contributed by atoms with van der Waals surface area (Å²) in [6.07, 6.45) is 2.08. The van der Waals surface area contributed by atoms with E-state index in [1.807, 2.05) is 18.0 Å². The van der Waals surface area contributed by atoms with Gasteiger partial charge in [0.1, 0.15) is 21.5 Å². The Kier molecular flexibility index (Phi) is 4.35. The van der Waals surface area contributed by atoms with E-state index in [1.54, 1.807) is 0 Å². The molecule has 1 amide bonds. The van der Waals surface area contributed by atoms with Gasteiger partial charge in [-0.05, 0) is 6.42 Å². The number of primary amides is 1. The van der Waals surface area contributed by atoms with Crippen molar-refractivity contribution in [2.45, 2.75) is 19.8 Å². The molecule has 1 rings (SSSR count). The lowest BCUT2D eigenvalue weighted by Crippen LogP contribution is -2.18. The lowest BCUT2D eigenvalue weighted by Gasteiger charge is -2.16. The SMILES string of the molecule is CCCCN(C)c1sc(C(N)=O)c(N)c1C#N.